The van der Waals surface area contributed by atoms with Crippen molar-refractivity contribution in [2.75, 3.05) is 25.0 Å². The van der Waals surface area contributed by atoms with Gasteiger partial charge in [-0.25, -0.2) is 9.78 Å². The van der Waals surface area contributed by atoms with E-state index in [9.17, 15) is 9.59 Å². The Balaban J connectivity index is 1.80. The van der Waals surface area contributed by atoms with Crippen LogP contribution in [-0.4, -0.2) is 41.1 Å². The molecule has 0 aromatic carbocycles. The minimum Gasteiger partial charge on any atom is -0.376 e. The van der Waals surface area contributed by atoms with Gasteiger partial charge in [-0.3, -0.25) is 4.79 Å². The number of hydrogen-bond donors (Lipinski definition) is 2. The SMILES string of the molecule is C=CCNC(=O)c1cc2c(=O)n3ccccc3[nH+]c2nc1NC[C@H]1CCCO1. The van der Waals surface area contributed by atoms with E-state index in [0.717, 1.165) is 19.4 Å². The van der Waals surface area contributed by atoms with Crippen LogP contribution < -0.4 is 21.2 Å². The molecule has 3 N–H and O–H groups in total. The Morgan fingerprint density at radius 2 is 2.36 bits per heavy atom. The fourth-order valence-corrected chi connectivity index (χ4v) is 3.33. The summed E-state index contributed by atoms with van der Waals surface area (Å²) >= 11 is 0. The van der Waals surface area contributed by atoms with Crippen LogP contribution in [0.4, 0.5) is 5.82 Å². The largest absolute Gasteiger partial charge is 0.376 e. The van der Waals surface area contributed by atoms with Gasteiger partial charge in [0.05, 0.1) is 12.3 Å². The summed E-state index contributed by atoms with van der Waals surface area (Å²) in [5, 5.41) is 6.31. The first-order valence-corrected chi connectivity index (χ1v) is 9.29. The van der Waals surface area contributed by atoms with Crippen LogP contribution in [0.15, 0.2) is 47.9 Å². The summed E-state index contributed by atoms with van der Waals surface area (Å²) in [7, 11) is 0. The zero-order valence-electron chi connectivity index (χ0n) is 15.4. The highest BCUT2D eigenvalue weighted by atomic mass is 16.5. The van der Waals surface area contributed by atoms with Gasteiger partial charge in [0.1, 0.15) is 10.9 Å². The number of ether oxygens (including phenoxy) is 1. The lowest BCUT2D eigenvalue weighted by atomic mass is 10.1. The quantitative estimate of drug-likeness (QED) is 0.494. The first-order chi connectivity index (χ1) is 13.7. The molecule has 1 saturated heterocycles. The Morgan fingerprint density at radius 1 is 1.46 bits per heavy atom. The highest BCUT2D eigenvalue weighted by Crippen LogP contribution is 2.19. The van der Waals surface area contributed by atoms with Crippen molar-refractivity contribution in [2.24, 2.45) is 0 Å². The summed E-state index contributed by atoms with van der Waals surface area (Å²) in [6, 6.07) is 6.99. The minimum absolute atomic E-state index is 0.0905. The van der Waals surface area contributed by atoms with Crippen LogP contribution in [0.1, 0.15) is 23.2 Å². The van der Waals surface area contributed by atoms with E-state index in [1.54, 1.807) is 30.5 Å². The fraction of sp³-hybridized carbons (Fsp3) is 0.300. The molecule has 8 heteroatoms. The number of nitrogens with zero attached hydrogens (tertiary/aromatic N) is 2. The van der Waals surface area contributed by atoms with E-state index in [-0.39, 0.29) is 17.6 Å². The molecule has 0 bridgehead atoms. The molecule has 0 unspecified atom stereocenters. The topological polar surface area (TPSA) is 98.9 Å². The minimum atomic E-state index is -0.318. The molecule has 1 aliphatic heterocycles. The third-order valence-corrected chi connectivity index (χ3v) is 4.75. The van der Waals surface area contributed by atoms with Crippen LogP contribution >= 0.6 is 0 Å². The van der Waals surface area contributed by atoms with E-state index >= 15 is 0 Å². The number of rotatable bonds is 6. The lowest BCUT2D eigenvalue weighted by Crippen LogP contribution is -2.29. The van der Waals surface area contributed by atoms with Crippen molar-refractivity contribution < 1.29 is 14.5 Å². The second-order valence-corrected chi connectivity index (χ2v) is 6.68. The molecular weight excluding hydrogens is 358 g/mol. The number of H-pyrrole nitrogens is 1. The molecule has 0 aliphatic carbocycles. The Hall–Kier alpha value is -3.26. The first-order valence-electron chi connectivity index (χ1n) is 9.29. The van der Waals surface area contributed by atoms with Gasteiger partial charge in [0.25, 0.3) is 11.6 Å². The zero-order chi connectivity index (χ0) is 19.5. The number of hydrogen-bond acceptors (Lipinski definition) is 5. The molecule has 1 aliphatic rings. The summed E-state index contributed by atoms with van der Waals surface area (Å²) in [6.45, 7) is 5.24. The van der Waals surface area contributed by atoms with E-state index in [0.29, 0.717) is 41.2 Å². The van der Waals surface area contributed by atoms with E-state index < -0.39 is 0 Å². The van der Waals surface area contributed by atoms with Crippen molar-refractivity contribution in [3.63, 3.8) is 0 Å². The number of carbonyl (C=O) groups excluding carboxylic acids is 1. The average Bonchev–Trinajstić information content (AvgIpc) is 3.24. The third-order valence-electron chi connectivity index (χ3n) is 4.75. The third kappa shape index (κ3) is 3.46. The molecule has 3 aromatic heterocycles. The second-order valence-electron chi connectivity index (χ2n) is 6.68. The second kappa shape index (κ2) is 7.77. The summed E-state index contributed by atoms with van der Waals surface area (Å²) in [6.07, 6.45) is 5.36. The summed E-state index contributed by atoms with van der Waals surface area (Å²) < 4.78 is 7.13. The number of fused-ring (bicyclic) bond motifs is 2. The lowest BCUT2D eigenvalue weighted by molar-refractivity contribution is -0.319. The van der Waals surface area contributed by atoms with Gasteiger partial charge in [-0.05, 0) is 25.0 Å². The summed E-state index contributed by atoms with van der Waals surface area (Å²) in [5.74, 6) is 0.0993. The van der Waals surface area contributed by atoms with Crippen molar-refractivity contribution in [2.45, 2.75) is 18.9 Å². The molecule has 8 nitrogen and oxygen atoms in total. The van der Waals surface area contributed by atoms with Gasteiger partial charge in [0, 0.05) is 25.8 Å². The Kier molecular flexibility index (Phi) is 5.03. The molecule has 4 rings (SSSR count). The fourth-order valence-electron chi connectivity index (χ4n) is 3.33. The predicted molar refractivity (Wildman–Crippen MR) is 106 cm³/mol. The molecule has 0 spiro atoms. The van der Waals surface area contributed by atoms with Crippen molar-refractivity contribution >= 4 is 28.4 Å². The normalized spacial score (nSPS) is 16.4. The molecule has 0 radical (unpaired) electrons. The van der Waals surface area contributed by atoms with Crippen LogP contribution in [-0.2, 0) is 4.74 Å². The number of amides is 1. The van der Waals surface area contributed by atoms with Gasteiger partial charge >= 0.3 is 5.56 Å². The van der Waals surface area contributed by atoms with Crippen LogP contribution in [0.25, 0.3) is 16.7 Å². The van der Waals surface area contributed by atoms with Crippen LogP contribution in [0, 0.1) is 0 Å². The molecular formula is C20H22N5O3+. The van der Waals surface area contributed by atoms with E-state index in [2.05, 4.69) is 27.2 Å². The van der Waals surface area contributed by atoms with E-state index in [1.165, 1.54) is 4.40 Å². The maximum atomic E-state index is 12.9. The molecule has 1 amide bonds. The first kappa shape index (κ1) is 18.1. The van der Waals surface area contributed by atoms with Crippen LogP contribution in [0.3, 0.4) is 0 Å². The standard InChI is InChI=1S/C20H21N5O3/c1-2-8-21-19(26)14-11-15-18(23-16-7-3-4-9-25(16)20(15)27)24-17(14)22-12-13-6-5-10-28-13/h2-4,7,9,11,13H,1,5-6,8,10,12H2,(H,21,26)(H,22,24)/p+1/t13-/m1/s1. The van der Waals surface area contributed by atoms with Gasteiger partial charge in [-0.15, -0.1) is 6.58 Å². The van der Waals surface area contributed by atoms with E-state index in [1.807, 2.05) is 6.07 Å². The molecule has 1 atom stereocenters. The number of pyridine rings is 2. The zero-order valence-corrected chi connectivity index (χ0v) is 15.4. The smallest absolute Gasteiger partial charge is 0.325 e. The molecule has 144 valence electrons. The van der Waals surface area contributed by atoms with Crippen LogP contribution in [0.5, 0.6) is 0 Å². The molecule has 1 fully saturated rings. The van der Waals surface area contributed by atoms with Crippen molar-refractivity contribution in [3.8, 4) is 0 Å². The highest BCUT2D eigenvalue weighted by Gasteiger charge is 2.23. The Labute approximate surface area is 161 Å². The lowest BCUT2D eigenvalue weighted by Gasteiger charge is -2.12. The van der Waals surface area contributed by atoms with E-state index in [4.69, 9.17) is 4.74 Å². The number of nitrogens with one attached hydrogen (secondary N) is 3. The van der Waals surface area contributed by atoms with Crippen molar-refractivity contribution in [1.29, 1.82) is 0 Å². The summed E-state index contributed by atoms with van der Waals surface area (Å²) in [4.78, 5) is 33.2. The number of carbonyl (C=O) groups is 1. The van der Waals surface area contributed by atoms with Crippen molar-refractivity contribution in [1.82, 2.24) is 14.7 Å². The van der Waals surface area contributed by atoms with Gasteiger partial charge in [0.2, 0.25) is 11.5 Å². The van der Waals surface area contributed by atoms with Gasteiger partial charge in [0.15, 0.2) is 0 Å². The Bertz CT molecular complexity index is 1100. The molecule has 0 saturated carbocycles. The average molecular weight is 380 g/mol. The number of aromatic amines is 1. The molecule has 28 heavy (non-hydrogen) atoms. The maximum Gasteiger partial charge on any atom is 0.325 e. The van der Waals surface area contributed by atoms with Gasteiger partial charge in [-0.2, -0.15) is 4.40 Å². The number of anilines is 1. The maximum absolute atomic E-state index is 12.9. The highest BCUT2D eigenvalue weighted by molar-refractivity contribution is 6.01. The molecule has 4 heterocycles. The summed E-state index contributed by atoms with van der Waals surface area (Å²) in [5.41, 5.74) is 1.13. The number of aromatic nitrogens is 3. The van der Waals surface area contributed by atoms with Crippen LogP contribution in [0.2, 0.25) is 0 Å². The molecule has 3 aromatic rings. The monoisotopic (exact) mass is 380 g/mol. The predicted octanol–water partition coefficient (Wildman–Crippen LogP) is 1.17. The van der Waals surface area contributed by atoms with Gasteiger partial charge < -0.3 is 15.4 Å². The van der Waals surface area contributed by atoms with Gasteiger partial charge in [-0.1, -0.05) is 17.1 Å². The van der Waals surface area contributed by atoms with Crippen molar-refractivity contribution in [3.05, 3.63) is 59.0 Å². The Morgan fingerprint density at radius 3 is 3.14 bits per heavy atom.